The Morgan fingerprint density at radius 3 is 2.30 bits per heavy atom. The van der Waals surface area contributed by atoms with Gasteiger partial charge in [-0.25, -0.2) is 4.39 Å². The average Bonchev–Trinajstić information content (AvgIpc) is 2.66. The van der Waals surface area contributed by atoms with Crippen molar-refractivity contribution in [2.24, 2.45) is 0 Å². The molecule has 1 saturated heterocycles. The summed E-state index contributed by atoms with van der Waals surface area (Å²) >= 11 is 4.35. The first kappa shape index (κ1) is 18.2. The molecule has 0 aliphatic carbocycles. The summed E-state index contributed by atoms with van der Waals surface area (Å²) in [4.78, 5) is 11.5. The van der Waals surface area contributed by atoms with Crippen molar-refractivity contribution < 1.29 is 18.5 Å². The van der Waals surface area contributed by atoms with Gasteiger partial charge in [-0.2, -0.15) is 12.6 Å². The van der Waals surface area contributed by atoms with E-state index in [1.54, 1.807) is 6.07 Å². The molecule has 2 rings (SSSR count). The first-order valence-corrected chi connectivity index (χ1v) is 8.18. The second kappa shape index (κ2) is 6.42. The Labute approximate surface area is 142 Å². The third kappa shape index (κ3) is 3.70. The zero-order valence-electron chi connectivity index (χ0n) is 14.1. The van der Waals surface area contributed by atoms with Gasteiger partial charge in [0.25, 0.3) is 0 Å². The number of benzene rings is 1. The molecule has 1 aliphatic heterocycles. The summed E-state index contributed by atoms with van der Waals surface area (Å²) in [5.74, 6) is -0.387. The number of Topliss-reactive ketones (excluding diaryl/α,β-unsaturated/α-hetero) is 1. The van der Waals surface area contributed by atoms with Crippen LogP contribution in [0.3, 0.4) is 0 Å². The minimum Gasteiger partial charge on any atom is -0.400 e. The van der Waals surface area contributed by atoms with E-state index in [-0.39, 0.29) is 11.3 Å². The molecule has 1 aromatic carbocycles. The van der Waals surface area contributed by atoms with Crippen LogP contribution >= 0.6 is 12.6 Å². The van der Waals surface area contributed by atoms with Crippen LogP contribution in [0, 0.1) is 5.82 Å². The predicted octanol–water partition coefficient (Wildman–Crippen LogP) is 3.97. The number of carbonyl (C=O) groups is 1. The van der Waals surface area contributed by atoms with Gasteiger partial charge in [0.05, 0.1) is 16.8 Å². The SMILES string of the molecule is CC(=O)c1cc(C=C(CS)B2OC(C)(C)C(C)(C)O2)ccc1F. The minimum atomic E-state index is -0.516. The summed E-state index contributed by atoms with van der Waals surface area (Å²) in [7, 11) is -0.511. The van der Waals surface area contributed by atoms with E-state index < -0.39 is 24.1 Å². The normalized spacial score (nSPS) is 20.0. The highest BCUT2D eigenvalue weighted by molar-refractivity contribution is 7.80. The summed E-state index contributed by atoms with van der Waals surface area (Å²) in [5.41, 5.74) is 0.745. The zero-order valence-corrected chi connectivity index (χ0v) is 15.0. The molecule has 1 aliphatic rings. The number of hydrogen-bond acceptors (Lipinski definition) is 4. The Morgan fingerprint density at radius 2 is 1.83 bits per heavy atom. The molecule has 0 amide bonds. The van der Waals surface area contributed by atoms with Gasteiger partial charge in [0, 0.05) is 5.75 Å². The molecular weight excluding hydrogens is 314 g/mol. The van der Waals surface area contributed by atoms with Crippen molar-refractivity contribution in [2.75, 3.05) is 5.75 Å². The summed E-state index contributed by atoms with van der Waals surface area (Å²) in [6, 6.07) is 4.45. The van der Waals surface area contributed by atoms with Gasteiger partial charge < -0.3 is 9.31 Å². The summed E-state index contributed by atoms with van der Waals surface area (Å²) < 4.78 is 25.7. The van der Waals surface area contributed by atoms with Crippen LogP contribution in [0.25, 0.3) is 6.08 Å². The van der Waals surface area contributed by atoms with Gasteiger partial charge in [-0.05, 0) is 57.8 Å². The Kier molecular flexibility index (Phi) is 5.09. The van der Waals surface area contributed by atoms with E-state index in [2.05, 4.69) is 12.6 Å². The standard InChI is InChI=1S/C17H22BFO3S/c1-11(20)14-9-12(6-7-15(14)19)8-13(10-23)18-21-16(2,3)17(4,5)22-18/h6-9,23H,10H2,1-5H3. The molecule has 0 saturated carbocycles. The van der Waals surface area contributed by atoms with Gasteiger partial charge in [-0.1, -0.05) is 12.1 Å². The topological polar surface area (TPSA) is 35.5 Å². The number of rotatable bonds is 4. The number of hydrogen-bond donors (Lipinski definition) is 1. The monoisotopic (exact) mass is 336 g/mol. The fraction of sp³-hybridized carbons (Fsp3) is 0.471. The average molecular weight is 336 g/mol. The molecule has 1 fully saturated rings. The van der Waals surface area contributed by atoms with Crippen molar-refractivity contribution >= 4 is 31.6 Å². The van der Waals surface area contributed by atoms with Gasteiger partial charge in [-0.3, -0.25) is 4.79 Å². The predicted molar refractivity (Wildman–Crippen MR) is 94.3 cm³/mol. The van der Waals surface area contributed by atoms with Gasteiger partial charge in [0.1, 0.15) is 5.82 Å². The van der Waals surface area contributed by atoms with Crippen LogP contribution in [0.1, 0.15) is 50.5 Å². The molecule has 0 unspecified atom stereocenters. The van der Waals surface area contributed by atoms with Crippen LogP contribution in [0.4, 0.5) is 4.39 Å². The van der Waals surface area contributed by atoms with Gasteiger partial charge in [-0.15, -0.1) is 0 Å². The van der Waals surface area contributed by atoms with Crippen LogP contribution in [0.15, 0.2) is 23.7 Å². The first-order valence-electron chi connectivity index (χ1n) is 7.55. The van der Waals surface area contributed by atoms with Crippen LogP contribution in [0.2, 0.25) is 0 Å². The number of ketones is 1. The van der Waals surface area contributed by atoms with Gasteiger partial charge >= 0.3 is 7.12 Å². The number of carbonyl (C=O) groups excluding carboxylic acids is 1. The molecule has 0 radical (unpaired) electrons. The first-order chi connectivity index (χ1) is 10.6. The van der Waals surface area contributed by atoms with Crippen molar-refractivity contribution in [3.8, 4) is 0 Å². The maximum Gasteiger partial charge on any atom is 0.491 e. The van der Waals surface area contributed by atoms with Gasteiger partial charge in [0.15, 0.2) is 5.78 Å². The fourth-order valence-electron chi connectivity index (χ4n) is 2.30. The van der Waals surface area contributed by atoms with E-state index in [4.69, 9.17) is 9.31 Å². The van der Waals surface area contributed by atoms with Crippen LogP contribution in [-0.2, 0) is 9.31 Å². The van der Waals surface area contributed by atoms with Gasteiger partial charge in [0.2, 0.25) is 0 Å². The molecule has 0 aromatic heterocycles. The van der Waals surface area contributed by atoms with Crippen LogP contribution in [-0.4, -0.2) is 29.9 Å². The van der Waals surface area contributed by atoms with E-state index in [9.17, 15) is 9.18 Å². The molecule has 124 valence electrons. The number of halogens is 1. The molecule has 1 aromatic rings. The summed E-state index contributed by atoms with van der Waals surface area (Å²) in [6.07, 6.45) is 1.83. The quantitative estimate of drug-likeness (QED) is 0.513. The Morgan fingerprint density at radius 1 is 1.26 bits per heavy atom. The van der Waals surface area contributed by atoms with E-state index in [1.807, 2.05) is 33.8 Å². The molecule has 0 atom stereocenters. The maximum atomic E-state index is 13.6. The highest BCUT2D eigenvalue weighted by atomic mass is 32.1. The van der Waals surface area contributed by atoms with E-state index in [0.29, 0.717) is 5.75 Å². The molecule has 23 heavy (non-hydrogen) atoms. The van der Waals surface area contributed by atoms with Crippen molar-refractivity contribution in [2.45, 2.75) is 45.8 Å². The van der Waals surface area contributed by atoms with Crippen molar-refractivity contribution in [1.29, 1.82) is 0 Å². The van der Waals surface area contributed by atoms with Crippen molar-refractivity contribution in [3.63, 3.8) is 0 Å². The van der Waals surface area contributed by atoms with Crippen molar-refractivity contribution in [1.82, 2.24) is 0 Å². The largest absolute Gasteiger partial charge is 0.491 e. The lowest BCUT2D eigenvalue weighted by Gasteiger charge is -2.32. The highest BCUT2D eigenvalue weighted by Crippen LogP contribution is 2.39. The molecular formula is C17H22BFO3S. The van der Waals surface area contributed by atoms with Crippen LogP contribution in [0.5, 0.6) is 0 Å². The molecule has 1 heterocycles. The lowest BCUT2D eigenvalue weighted by Crippen LogP contribution is -2.41. The minimum absolute atomic E-state index is 0.0752. The Bertz CT molecular complexity index is 639. The Hall–Kier alpha value is -1.11. The molecule has 0 N–H and O–H groups in total. The van der Waals surface area contributed by atoms with E-state index in [1.165, 1.54) is 19.1 Å². The Balaban J connectivity index is 2.34. The zero-order chi connectivity index (χ0) is 17.4. The lowest BCUT2D eigenvalue weighted by molar-refractivity contribution is 0.00578. The molecule has 0 spiro atoms. The molecule has 6 heteroatoms. The number of thiol groups is 1. The maximum absolute atomic E-state index is 13.6. The second-order valence-electron chi connectivity index (χ2n) is 6.76. The summed E-state index contributed by atoms with van der Waals surface area (Å²) in [5, 5.41) is 0. The van der Waals surface area contributed by atoms with Crippen molar-refractivity contribution in [3.05, 3.63) is 40.6 Å². The van der Waals surface area contributed by atoms with Crippen LogP contribution < -0.4 is 0 Å². The third-order valence-electron chi connectivity index (χ3n) is 4.46. The second-order valence-corrected chi connectivity index (χ2v) is 7.08. The highest BCUT2D eigenvalue weighted by Gasteiger charge is 2.52. The molecule has 0 bridgehead atoms. The smallest absolute Gasteiger partial charge is 0.400 e. The lowest BCUT2D eigenvalue weighted by atomic mass is 9.78. The fourth-order valence-corrected chi connectivity index (χ4v) is 2.54. The molecule has 3 nitrogen and oxygen atoms in total. The third-order valence-corrected chi connectivity index (χ3v) is 4.83. The van der Waals surface area contributed by atoms with E-state index in [0.717, 1.165) is 11.0 Å². The van der Waals surface area contributed by atoms with E-state index >= 15 is 0 Å². The summed E-state index contributed by atoms with van der Waals surface area (Å²) in [6.45, 7) is 9.27.